The molecule has 0 N–H and O–H groups in total. The number of benzene rings is 2. The zero-order valence-electron chi connectivity index (χ0n) is 18.8. The molecule has 0 bridgehead atoms. The minimum absolute atomic E-state index is 0. The second-order valence-electron chi connectivity index (χ2n) is 9.50. The average molecular weight is 533 g/mol. The van der Waals surface area contributed by atoms with Crippen molar-refractivity contribution in [3.8, 4) is 0 Å². The molecule has 0 amide bonds. The topological polar surface area (TPSA) is 0 Å². The Morgan fingerprint density at radius 2 is 1.10 bits per heavy atom. The van der Waals surface area contributed by atoms with Gasteiger partial charge in [-0.1, -0.05) is 0 Å². The van der Waals surface area contributed by atoms with E-state index in [4.69, 9.17) is 0 Å². The summed E-state index contributed by atoms with van der Waals surface area (Å²) in [6.45, 7) is 4.68. The van der Waals surface area contributed by atoms with Gasteiger partial charge in [-0.2, -0.15) is 0 Å². The SMILES string of the molecule is CCCCC1=Cc2ccccc2[CH]1[Zr+2]1([CH]2C(CCCC)=Cc3ccccc32)[CH2][CH2]1.[Cl-].[Cl-]. The van der Waals surface area contributed by atoms with E-state index in [-0.39, 0.29) is 24.8 Å². The van der Waals surface area contributed by atoms with E-state index in [1.165, 1.54) is 49.7 Å². The molecule has 1 fully saturated rings. The maximum Gasteiger partial charge on any atom is -1.00 e. The van der Waals surface area contributed by atoms with Gasteiger partial charge in [-0.25, -0.2) is 0 Å². The molecule has 2 aromatic carbocycles. The Hall–Kier alpha value is -0.617. The summed E-state index contributed by atoms with van der Waals surface area (Å²) in [5.74, 6) is 0. The predicted octanol–water partition coefficient (Wildman–Crippen LogP) is 2.66. The second-order valence-corrected chi connectivity index (χ2v) is 20.9. The molecule has 5 rings (SSSR count). The molecular weight excluding hydrogens is 498 g/mol. The van der Waals surface area contributed by atoms with Crippen molar-refractivity contribution in [2.24, 2.45) is 0 Å². The molecule has 31 heavy (non-hydrogen) atoms. The van der Waals surface area contributed by atoms with E-state index in [0.717, 1.165) is 7.25 Å². The van der Waals surface area contributed by atoms with Gasteiger partial charge in [0.2, 0.25) is 0 Å². The van der Waals surface area contributed by atoms with E-state index < -0.39 is 20.3 Å². The van der Waals surface area contributed by atoms with Crippen molar-refractivity contribution in [2.45, 2.75) is 67.9 Å². The van der Waals surface area contributed by atoms with Gasteiger partial charge in [0.15, 0.2) is 0 Å². The number of hydrogen-bond donors (Lipinski definition) is 0. The summed E-state index contributed by atoms with van der Waals surface area (Å²) in [6.07, 6.45) is 13.1. The molecule has 1 aliphatic heterocycles. The molecule has 2 aromatic rings. The van der Waals surface area contributed by atoms with Gasteiger partial charge in [0.25, 0.3) is 0 Å². The van der Waals surface area contributed by atoms with Gasteiger partial charge in [0.1, 0.15) is 0 Å². The van der Waals surface area contributed by atoms with Gasteiger partial charge in [0, 0.05) is 0 Å². The molecular formula is C28H34Cl2Zr. The maximum atomic E-state index is 2.60. The molecule has 1 saturated heterocycles. The zero-order valence-corrected chi connectivity index (χ0v) is 22.8. The molecule has 3 heteroatoms. The maximum absolute atomic E-state index is 2.60. The quantitative estimate of drug-likeness (QED) is 0.491. The number of hydrogen-bond acceptors (Lipinski definition) is 0. The molecule has 0 radical (unpaired) electrons. The summed E-state index contributed by atoms with van der Waals surface area (Å²) in [5.41, 5.74) is 10.1. The van der Waals surface area contributed by atoms with Crippen molar-refractivity contribution < 1.29 is 45.1 Å². The number of rotatable bonds is 8. The van der Waals surface area contributed by atoms with Gasteiger partial charge in [-0.05, 0) is 0 Å². The number of allylic oxidation sites excluding steroid dienone is 2. The zero-order chi connectivity index (χ0) is 19.8. The van der Waals surface area contributed by atoms with Crippen LogP contribution in [-0.2, 0) is 20.3 Å². The van der Waals surface area contributed by atoms with Gasteiger partial charge < -0.3 is 24.8 Å². The van der Waals surface area contributed by atoms with Crippen LogP contribution in [0.4, 0.5) is 0 Å². The van der Waals surface area contributed by atoms with E-state index >= 15 is 0 Å². The summed E-state index contributed by atoms with van der Waals surface area (Å²) in [7, 11) is 0. The van der Waals surface area contributed by atoms with Crippen LogP contribution < -0.4 is 24.8 Å². The Labute approximate surface area is 205 Å². The van der Waals surface area contributed by atoms with Crippen LogP contribution in [0.15, 0.2) is 59.7 Å². The third-order valence-electron chi connectivity index (χ3n) is 7.65. The van der Waals surface area contributed by atoms with Crippen LogP contribution in [0.3, 0.4) is 0 Å². The molecule has 0 aromatic heterocycles. The van der Waals surface area contributed by atoms with Crippen LogP contribution in [0.2, 0.25) is 8.26 Å². The van der Waals surface area contributed by atoms with Crippen molar-refractivity contribution in [3.05, 3.63) is 81.9 Å². The third kappa shape index (κ3) is 4.45. The summed E-state index contributed by atoms with van der Waals surface area (Å²) in [6, 6.07) is 18.8. The molecule has 0 spiro atoms. The van der Waals surface area contributed by atoms with Crippen molar-refractivity contribution >= 4 is 12.2 Å². The largest absolute Gasteiger partial charge is 1.00 e. The Kier molecular flexibility index (Phi) is 8.51. The first-order valence-electron chi connectivity index (χ1n) is 11.9. The van der Waals surface area contributed by atoms with Gasteiger partial charge in [0.05, 0.1) is 0 Å². The van der Waals surface area contributed by atoms with Crippen LogP contribution in [0.1, 0.15) is 81.9 Å². The monoisotopic (exact) mass is 530 g/mol. The fourth-order valence-electron chi connectivity index (χ4n) is 6.22. The summed E-state index contributed by atoms with van der Waals surface area (Å²) in [4.78, 5) is 0. The van der Waals surface area contributed by atoms with Gasteiger partial charge in [-0.15, -0.1) is 0 Å². The van der Waals surface area contributed by atoms with Crippen molar-refractivity contribution in [2.75, 3.05) is 0 Å². The van der Waals surface area contributed by atoms with Crippen molar-refractivity contribution in [1.82, 2.24) is 0 Å². The number of unbranched alkanes of at least 4 members (excludes halogenated alkanes) is 2. The minimum atomic E-state index is -2.40. The van der Waals surface area contributed by atoms with Crippen LogP contribution in [0.5, 0.6) is 0 Å². The van der Waals surface area contributed by atoms with Gasteiger partial charge >= 0.3 is 182 Å². The van der Waals surface area contributed by atoms with Crippen LogP contribution in [0.25, 0.3) is 12.2 Å². The average Bonchev–Trinajstić information content (AvgIpc) is 3.30. The van der Waals surface area contributed by atoms with Crippen LogP contribution >= 0.6 is 0 Å². The Balaban J connectivity index is 0.00000136. The van der Waals surface area contributed by atoms with E-state index in [1.54, 1.807) is 30.5 Å². The molecule has 0 saturated carbocycles. The smallest absolute Gasteiger partial charge is 1.00 e. The van der Waals surface area contributed by atoms with E-state index in [2.05, 4.69) is 74.5 Å². The van der Waals surface area contributed by atoms with E-state index in [0.29, 0.717) is 0 Å². The molecule has 2 aliphatic carbocycles. The fourth-order valence-corrected chi connectivity index (χ4v) is 23.9. The molecule has 2 atom stereocenters. The third-order valence-corrected chi connectivity index (χ3v) is 20.7. The molecule has 2 unspecified atom stereocenters. The van der Waals surface area contributed by atoms with E-state index in [9.17, 15) is 0 Å². The van der Waals surface area contributed by atoms with Crippen LogP contribution in [0, 0.1) is 0 Å². The molecule has 1 heterocycles. The van der Waals surface area contributed by atoms with Gasteiger partial charge in [-0.3, -0.25) is 0 Å². The van der Waals surface area contributed by atoms with Crippen molar-refractivity contribution in [1.29, 1.82) is 0 Å². The Morgan fingerprint density at radius 1 is 0.677 bits per heavy atom. The Bertz CT molecular complexity index is 895. The number of halogens is 2. The molecule has 3 aliphatic rings. The first-order valence-corrected chi connectivity index (χ1v) is 18.2. The molecule has 0 nitrogen and oxygen atoms in total. The standard InChI is InChI=1S/2C13H15.C2H4.2ClH.Zr/c2*1-2-3-6-11-9-12-7-4-5-8-13(12)10-11;1-2;;;/h2*4-5,7-10H,2-3,6H2,1H3;1-2H2;2*1H;/q;;;;;+2/p-2. The predicted molar refractivity (Wildman–Crippen MR) is 123 cm³/mol. The summed E-state index contributed by atoms with van der Waals surface area (Å²) in [5, 5.41) is 0. The Morgan fingerprint density at radius 3 is 1.48 bits per heavy atom. The van der Waals surface area contributed by atoms with Crippen molar-refractivity contribution in [3.63, 3.8) is 0 Å². The van der Waals surface area contributed by atoms with Crippen LogP contribution in [-0.4, -0.2) is 0 Å². The first kappa shape index (κ1) is 25.0. The summed E-state index contributed by atoms with van der Waals surface area (Å²) < 4.78 is 4.82. The normalized spacial score (nSPS) is 20.8. The number of fused-ring (bicyclic) bond motifs is 2. The van der Waals surface area contributed by atoms with E-state index in [1.807, 2.05) is 0 Å². The minimum Gasteiger partial charge on any atom is -1.00 e. The first-order chi connectivity index (χ1) is 14.3. The second kappa shape index (κ2) is 10.5. The fraction of sp³-hybridized carbons (Fsp3) is 0.429. The summed E-state index contributed by atoms with van der Waals surface area (Å²) >= 11 is -2.40. The molecule has 164 valence electrons.